The van der Waals surface area contributed by atoms with Crippen molar-refractivity contribution in [2.24, 2.45) is 0 Å². The third-order valence-electron chi connectivity index (χ3n) is 6.47. The van der Waals surface area contributed by atoms with Crippen LogP contribution in [-0.2, 0) is 6.42 Å². The number of rotatable bonds is 10. The van der Waals surface area contributed by atoms with Crippen LogP contribution in [0.25, 0.3) is 0 Å². The molecule has 0 unspecified atom stereocenters. The van der Waals surface area contributed by atoms with Gasteiger partial charge in [0.05, 0.1) is 17.9 Å². The number of hydrogen-bond acceptors (Lipinski definition) is 5. The molecule has 0 aliphatic rings. The van der Waals surface area contributed by atoms with E-state index in [1.165, 1.54) is 5.56 Å². The molecular weight excluding hydrogens is 556 g/mol. The zero-order valence-corrected chi connectivity index (χ0v) is 24.1. The molecule has 5 rings (SSSR count). The third kappa shape index (κ3) is 8.51. The van der Waals surface area contributed by atoms with Gasteiger partial charge in [-0.25, -0.2) is 0 Å². The van der Waals surface area contributed by atoms with E-state index in [0.29, 0.717) is 34.9 Å². The highest BCUT2D eigenvalue weighted by atomic mass is 32.1. The molecule has 0 heterocycles. The standard InChI is InChI=1S/C35H30N4O3S/c40-33(26-15-21-30(22-16-26)42-24-23-25-9-3-1-4-10-25)39-35(43)38-32-14-8-7-13-31(32)34(41)37-29-19-17-28(18-20-29)36-27-11-5-2-6-12-27/h1-22,36H,23-24H2,(H,37,41)(H2,38,39,40,43). The monoisotopic (exact) mass is 586 g/mol. The topological polar surface area (TPSA) is 91.5 Å². The SMILES string of the molecule is O=C(NC(=S)Nc1ccccc1C(=O)Nc1ccc(Nc2ccccc2)cc1)c1ccc(OCCc2ccccc2)cc1. The Kier molecular flexibility index (Phi) is 9.74. The molecule has 43 heavy (non-hydrogen) atoms. The van der Waals surface area contributed by atoms with Gasteiger partial charge in [-0.1, -0.05) is 60.7 Å². The van der Waals surface area contributed by atoms with Crippen LogP contribution >= 0.6 is 12.2 Å². The van der Waals surface area contributed by atoms with Crippen molar-refractivity contribution in [1.82, 2.24) is 5.32 Å². The van der Waals surface area contributed by atoms with Crippen molar-refractivity contribution in [1.29, 1.82) is 0 Å². The minimum atomic E-state index is -0.375. The van der Waals surface area contributed by atoms with Gasteiger partial charge in [0.1, 0.15) is 5.75 Å². The molecule has 0 saturated carbocycles. The summed E-state index contributed by atoms with van der Waals surface area (Å²) in [6, 6.07) is 41.2. The number of hydrogen-bond donors (Lipinski definition) is 4. The Labute approximate surface area is 255 Å². The van der Waals surface area contributed by atoms with Crippen molar-refractivity contribution >= 4 is 51.9 Å². The summed E-state index contributed by atoms with van der Waals surface area (Å²) in [4.78, 5) is 25.9. The molecule has 8 heteroatoms. The minimum Gasteiger partial charge on any atom is -0.493 e. The Bertz CT molecular complexity index is 1680. The second kappa shape index (κ2) is 14.4. The maximum atomic E-state index is 13.1. The highest BCUT2D eigenvalue weighted by Crippen LogP contribution is 2.21. The predicted molar refractivity (Wildman–Crippen MR) is 176 cm³/mol. The first-order valence-corrected chi connectivity index (χ1v) is 14.2. The lowest BCUT2D eigenvalue weighted by atomic mass is 10.1. The van der Waals surface area contributed by atoms with Gasteiger partial charge in [0.15, 0.2) is 5.11 Å². The second-order valence-corrected chi connectivity index (χ2v) is 9.99. The molecule has 0 aromatic heterocycles. The minimum absolute atomic E-state index is 0.0739. The average molecular weight is 587 g/mol. The molecule has 0 aliphatic carbocycles. The fraction of sp³-hybridized carbons (Fsp3) is 0.0571. The number of ether oxygens (including phenoxy) is 1. The molecule has 0 saturated heterocycles. The van der Waals surface area contributed by atoms with Crippen LogP contribution < -0.4 is 26.0 Å². The summed E-state index contributed by atoms with van der Waals surface area (Å²) in [5, 5.41) is 11.9. The number of benzene rings is 5. The van der Waals surface area contributed by atoms with E-state index in [2.05, 4.69) is 33.4 Å². The molecule has 0 atom stereocenters. The summed E-state index contributed by atoms with van der Waals surface area (Å²) in [7, 11) is 0. The molecule has 0 fully saturated rings. The van der Waals surface area contributed by atoms with Crippen LogP contribution in [-0.4, -0.2) is 23.5 Å². The van der Waals surface area contributed by atoms with Crippen molar-refractivity contribution in [3.63, 3.8) is 0 Å². The predicted octanol–water partition coefficient (Wildman–Crippen LogP) is 7.43. The van der Waals surface area contributed by atoms with Gasteiger partial charge in [-0.15, -0.1) is 0 Å². The van der Waals surface area contributed by atoms with Crippen LogP contribution in [0.15, 0.2) is 133 Å². The second-order valence-electron chi connectivity index (χ2n) is 9.58. The van der Waals surface area contributed by atoms with Crippen LogP contribution in [0.1, 0.15) is 26.3 Å². The van der Waals surface area contributed by atoms with Gasteiger partial charge in [-0.05, 0) is 90.6 Å². The van der Waals surface area contributed by atoms with Gasteiger partial charge in [-0.3, -0.25) is 14.9 Å². The fourth-order valence-electron chi connectivity index (χ4n) is 4.28. The zero-order chi connectivity index (χ0) is 29.9. The van der Waals surface area contributed by atoms with E-state index in [1.807, 2.05) is 72.8 Å². The Hall–Kier alpha value is -5.47. The zero-order valence-electron chi connectivity index (χ0n) is 23.2. The average Bonchev–Trinajstić information content (AvgIpc) is 3.03. The van der Waals surface area contributed by atoms with Crippen molar-refractivity contribution in [3.05, 3.63) is 150 Å². The molecule has 2 amide bonds. The number of thiocarbonyl (C=S) groups is 1. The Morgan fingerprint density at radius 2 is 1.21 bits per heavy atom. The summed E-state index contributed by atoms with van der Waals surface area (Å²) < 4.78 is 5.80. The normalized spacial score (nSPS) is 10.3. The Morgan fingerprint density at radius 3 is 1.93 bits per heavy atom. The van der Waals surface area contributed by atoms with E-state index in [9.17, 15) is 9.59 Å². The smallest absolute Gasteiger partial charge is 0.257 e. The molecular formula is C35H30N4O3S. The molecule has 4 N–H and O–H groups in total. The first kappa shape index (κ1) is 29.0. The molecule has 5 aromatic rings. The molecule has 0 radical (unpaired) electrons. The Balaban J connectivity index is 1.13. The van der Waals surface area contributed by atoms with Crippen LogP contribution in [0.3, 0.4) is 0 Å². The first-order chi connectivity index (χ1) is 21.0. The number of anilines is 4. The van der Waals surface area contributed by atoms with E-state index >= 15 is 0 Å². The van der Waals surface area contributed by atoms with E-state index in [1.54, 1.807) is 48.5 Å². The number of amides is 2. The van der Waals surface area contributed by atoms with E-state index < -0.39 is 0 Å². The van der Waals surface area contributed by atoms with E-state index in [0.717, 1.165) is 17.8 Å². The van der Waals surface area contributed by atoms with Gasteiger partial charge in [0, 0.05) is 29.0 Å². The lowest BCUT2D eigenvalue weighted by molar-refractivity contribution is 0.0976. The third-order valence-corrected chi connectivity index (χ3v) is 6.68. The first-order valence-electron chi connectivity index (χ1n) is 13.8. The number of para-hydroxylation sites is 2. The molecule has 0 aliphatic heterocycles. The van der Waals surface area contributed by atoms with E-state index in [4.69, 9.17) is 17.0 Å². The van der Waals surface area contributed by atoms with Gasteiger partial charge >= 0.3 is 0 Å². The maximum absolute atomic E-state index is 13.1. The maximum Gasteiger partial charge on any atom is 0.257 e. The molecule has 0 spiro atoms. The quantitative estimate of drug-likeness (QED) is 0.127. The van der Waals surface area contributed by atoms with Crippen LogP contribution in [0.5, 0.6) is 5.75 Å². The largest absolute Gasteiger partial charge is 0.493 e. The summed E-state index contributed by atoms with van der Waals surface area (Å²) >= 11 is 5.38. The van der Waals surface area contributed by atoms with Crippen LogP contribution in [0.2, 0.25) is 0 Å². The van der Waals surface area contributed by atoms with Crippen molar-refractivity contribution in [3.8, 4) is 5.75 Å². The highest BCUT2D eigenvalue weighted by molar-refractivity contribution is 7.80. The number of carbonyl (C=O) groups excluding carboxylic acids is 2. The van der Waals surface area contributed by atoms with Crippen molar-refractivity contribution < 1.29 is 14.3 Å². The molecule has 214 valence electrons. The summed E-state index contributed by atoms with van der Waals surface area (Å²) in [5.74, 6) is -0.0152. The molecule has 0 bridgehead atoms. The van der Waals surface area contributed by atoms with Gasteiger partial charge in [-0.2, -0.15) is 0 Å². The molecule has 7 nitrogen and oxygen atoms in total. The van der Waals surface area contributed by atoms with E-state index in [-0.39, 0.29) is 16.9 Å². The Morgan fingerprint density at radius 1 is 0.605 bits per heavy atom. The fourth-order valence-corrected chi connectivity index (χ4v) is 4.48. The summed E-state index contributed by atoms with van der Waals surface area (Å²) in [5.41, 5.74) is 4.99. The van der Waals surface area contributed by atoms with Gasteiger partial charge < -0.3 is 20.7 Å². The van der Waals surface area contributed by atoms with Gasteiger partial charge in [0.2, 0.25) is 0 Å². The summed E-state index contributed by atoms with van der Waals surface area (Å²) in [6.45, 7) is 0.535. The van der Waals surface area contributed by atoms with Crippen molar-refractivity contribution in [2.45, 2.75) is 6.42 Å². The lowest BCUT2D eigenvalue weighted by Gasteiger charge is -2.14. The number of nitrogens with one attached hydrogen (secondary N) is 4. The van der Waals surface area contributed by atoms with Crippen molar-refractivity contribution in [2.75, 3.05) is 22.6 Å². The van der Waals surface area contributed by atoms with Gasteiger partial charge in [0.25, 0.3) is 11.8 Å². The highest BCUT2D eigenvalue weighted by Gasteiger charge is 2.14. The van der Waals surface area contributed by atoms with Crippen LogP contribution in [0.4, 0.5) is 22.7 Å². The number of carbonyl (C=O) groups is 2. The summed E-state index contributed by atoms with van der Waals surface area (Å²) in [6.07, 6.45) is 0.793. The van der Waals surface area contributed by atoms with Crippen LogP contribution in [0, 0.1) is 0 Å². The lowest BCUT2D eigenvalue weighted by Crippen LogP contribution is -2.34. The molecule has 5 aromatic carbocycles.